The van der Waals surface area contributed by atoms with Crippen LogP contribution in [-0.4, -0.2) is 6.61 Å². The molecule has 0 radical (unpaired) electrons. The molecule has 0 amide bonds. The molecular weight excluding hydrogens is 310 g/mol. The van der Waals surface area contributed by atoms with Crippen LogP contribution in [0.3, 0.4) is 0 Å². The smallest absolute Gasteiger partial charge is 0.156 e. The van der Waals surface area contributed by atoms with Gasteiger partial charge in [0.25, 0.3) is 0 Å². The van der Waals surface area contributed by atoms with Crippen LogP contribution in [0.5, 0.6) is 5.75 Å². The summed E-state index contributed by atoms with van der Waals surface area (Å²) in [6, 6.07) is 3.64. The second-order valence-corrected chi connectivity index (χ2v) is 4.19. The van der Waals surface area contributed by atoms with Crippen molar-refractivity contribution in [3.63, 3.8) is 0 Å². The first-order valence-electron chi connectivity index (χ1n) is 3.42. The zero-order valence-electron chi connectivity index (χ0n) is 6.40. The van der Waals surface area contributed by atoms with Crippen molar-refractivity contribution in [2.24, 2.45) is 0 Å². The molecule has 1 nitrogen and oxygen atoms in total. The number of hydrogen-bond acceptors (Lipinski definition) is 1. The lowest BCUT2D eigenvalue weighted by molar-refractivity contribution is 0.340. The Morgan fingerprint density at radius 3 is 2.25 bits per heavy atom. The molecule has 1 aromatic carbocycles. The summed E-state index contributed by atoms with van der Waals surface area (Å²) in [5.74, 6) is 0.571. The van der Waals surface area contributed by atoms with Gasteiger partial charge in [0.2, 0.25) is 0 Å². The Labute approximate surface area is 95.1 Å². The van der Waals surface area contributed by atoms with Crippen molar-refractivity contribution in [3.05, 3.63) is 25.7 Å². The molecule has 0 bridgehead atoms. The number of ether oxygens (including phenoxy) is 1. The highest BCUT2D eigenvalue weighted by molar-refractivity contribution is 14.1. The average Bonchev–Trinajstić information content (AvgIpc) is 1.96. The molecule has 66 valence electrons. The molecule has 1 rings (SSSR count). The highest BCUT2D eigenvalue weighted by Gasteiger charge is 2.07. The lowest BCUT2D eigenvalue weighted by Crippen LogP contribution is -1.93. The predicted octanol–water partition coefficient (Wildman–Crippen LogP) is 4.00. The van der Waals surface area contributed by atoms with Crippen molar-refractivity contribution >= 4 is 45.8 Å². The van der Waals surface area contributed by atoms with Crippen LogP contribution in [0.1, 0.15) is 6.92 Å². The topological polar surface area (TPSA) is 9.23 Å². The lowest BCUT2D eigenvalue weighted by Gasteiger charge is -2.07. The van der Waals surface area contributed by atoms with E-state index in [4.69, 9.17) is 27.9 Å². The molecule has 0 saturated heterocycles. The van der Waals surface area contributed by atoms with Gasteiger partial charge in [-0.15, -0.1) is 0 Å². The Morgan fingerprint density at radius 1 is 1.33 bits per heavy atom. The molecular formula is C8H7Cl2IO. The maximum Gasteiger partial charge on any atom is 0.156 e. The second-order valence-electron chi connectivity index (χ2n) is 2.13. The molecule has 0 fully saturated rings. The molecule has 0 aromatic heterocycles. The van der Waals surface area contributed by atoms with Crippen LogP contribution in [0, 0.1) is 3.57 Å². The minimum absolute atomic E-state index is 0.564. The number of hydrogen-bond donors (Lipinski definition) is 0. The maximum atomic E-state index is 5.90. The van der Waals surface area contributed by atoms with Crippen molar-refractivity contribution in [2.45, 2.75) is 6.92 Å². The van der Waals surface area contributed by atoms with Crippen LogP contribution in [0.15, 0.2) is 12.1 Å². The normalized spacial score (nSPS) is 10.0. The summed E-state index contributed by atoms with van der Waals surface area (Å²) in [5.41, 5.74) is 0. The monoisotopic (exact) mass is 316 g/mol. The first-order chi connectivity index (χ1) is 5.65. The fourth-order valence-electron chi connectivity index (χ4n) is 0.811. The zero-order valence-corrected chi connectivity index (χ0v) is 10.1. The SMILES string of the molecule is CCOc1c(Cl)cc(I)cc1Cl. The quantitative estimate of drug-likeness (QED) is 0.749. The lowest BCUT2D eigenvalue weighted by atomic mass is 10.3. The Morgan fingerprint density at radius 2 is 1.83 bits per heavy atom. The first kappa shape index (κ1) is 10.4. The molecule has 0 aliphatic carbocycles. The van der Waals surface area contributed by atoms with Crippen molar-refractivity contribution in [2.75, 3.05) is 6.61 Å². The van der Waals surface area contributed by atoms with Gasteiger partial charge in [0.15, 0.2) is 5.75 Å². The van der Waals surface area contributed by atoms with Crippen LogP contribution in [-0.2, 0) is 0 Å². The summed E-state index contributed by atoms with van der Waals surface area (Å²) in [4.78, 5) is 0. The molecule has 0 aliphatic rings. The highest BCUT2D eigenvalue weighted by Crippen LogP contribution is 2.34. The standard InChI is InChI=1S/C8H7Cl2IO/c1-2-12-8-6(9)3-5(11)4-7(8)10/h3-4H,2H2,1H3. The Hall–Kier alpha value is 0.330. The predicted molar refractivity (Wildman–Crippen MR) is 60.3 cm³/mol. The van der Waals surface area contributed by atoms with E-state index in [0.717, 1.165) is 3.57 Å². The van der Waals surface area contributed by atoms with Crippen LogP contribution in [0.4, 0.5) is 0 Å². The summed E-state index contributed by atoms with van der Waals surface area (Å²) in [5, 5.41) is 1.13. The van der Waals surface area contributed by atoms with E-state index >= 15 is 0 Å². The van der Waals surface area contributed by atoms with Crippen LogP contribution < -0.4 is 4.74 Å². The summed E-state index contributed by atoms with van der Waals surface area (Å²) in [7, 11) is 0. The van der Waals surface area contributed by atoms with E-state index < -0.39 is 0 Å². The van der Waals surface area contributed by atoms with Crippen molar-refractivity contribution in [1.29, 1.82) is 0 Å². The Kier molecular flexibility index (Phi) is 3.93. The summed E-state index contributed by atoms with van der Waals surface area (Å²) in [6.45, 7) is 2.46. The average molecular weight is 317 g/mol. The molecule has 0 unspecified atom stereocenters. The van der Waals surface area contributed by atoms with Crippen LogP contribution in [0.2, 0.25) is 10.0 Å². The summed E-state index contributed by atoms with van der Waals surface area (Å²) >= 11 is 14.0. The third kappa shape index (κ3) is 2.41. The molecule has 0 heterocycles. The van der Waals surface area contributed by atoms with Gasteiger partial charge < -0.3 is 4.74 Å². The van der Waals surface area contributed by atoms with E-state index in [2.05, 4.69) is 22.6 Å². The van der Waals surface area contributed by atoms with Gasteiger partial charge in [-0.1, -0.05) is 23.2 Å². The zero-order chi connectivity index (χ0) is 9.14. The summed E-state index contributed by atoms with van der Waals surface area (Å²) in [6.07, 6.45) is 0. The minimum atomic E-state index is 0.564. The fourth-order valence-corrected chi connectivity index (χ4v) is 2.40. The Bertz CT molecular complexity index is 265. The molecule has 0 saturated carbocycles. The molecule has 0 aliphatic heterocycles. The molecule has 0 spiro atoms. The van der Waals surface area contributed by atoms with Gasteiger partial charge in [0.1, 0.15) is 0 Å². The van der Waals surface area contributed by atoms with E-state index in [-0.39, 0.29) is 0 Å². The van der Waals surface area contributed by atoms with Crippen molar-refractivity contribution in [1.82, 2.24) is 0 Å². The fraction of sp³-hybridized carbons (Fsp3) is 0.250. The highest BCUT2D eigenvalue weighted by atomic mass is 127. The summed E-state index contributed by atoms with van der Waals surface area (Å²) < 4.78 is 6.26. The molecule has 0 atom stereocenters. The number of halogens is 3. The molecule has 12 heavy (non-hydrogen) atoms. The molecule has 0 N–H and O–H groups in total. The van der Waals surface area contributed by atoms with Gasteiger partial charge >= 0.3 is 0 Å². The van der Waals surface area contributed by atoms with Gasteiger partial charge in [0.05, 0.1) is 16.7 Å². The van der Waals surface area contributed by atoms with E-state index in [9.17, 15) is 0 Å². The third-order valence-corrected chi connectivity index (χ3v) is 2.44. The minimum Gasteiger partial charge on any atom is -0.491 e. The Balaban J connectivity index is 3.10. The van der Waals surface area contributed by atoms with Crippen LogP contribution in [0.25, 0.3) is 0 Å². The molecule has 4 heteroatoms. The van der Waals surface area contributed by atoms with Crippen molar-refractivity contribution < 1.29 is 4.74 Å². The van der Waals surface area contributed by atoms with Gasteiger partial charge in [-0.2, -0.15) is 0 Å². The van der Waals surface area contributed by atoms with E-state index in [1.807, 2.05) is 19.1 Å². The number of rotatable bonds is 2. The second kappa shape index (κ2) is 4.53. The number of benzene rings is 1. The maximum absolute atomic E-state index is 5.90. The van der Waals surface area contributed by atoms with Crippen LogP contribution >= 0.6 is 45.8 Å². The van der Waals surface area contributed by atoms with Gasteiger partial charge in [-0.05, 0) is 41.6 Å². The van der Waals surface area contributed by atoms with E-state index in [0.29, 0.717) is 22.4 Å². The van der Waals surface area contributed by atoms with Gasteiger partial charge in [-0.3, -0.25) is 0 Å². The molecule has 1 aromatic rings. The van der Waals surface area contributed by atoms with Gasteiger partial charge in [-0.25, -0.2) is 0 Å². The van der Waals surface area contributed by atoms with Crippen molar-refractivity contribution in [3.8, 4) is 5.75 Å². The largest absolute Gasteiger partial charge is 0.491 e. The van der Waals surface area contributed by atoms with E-state index in [1.54, 1.807) is 0 Å². The third-order valence-electron chi connectivity index (χ3n) is 1.25. The van der Waals surface area contributed by atoms with Gasteiger partial charge in [0, 0.05) is 3.57 Å². The first-order valence-corrected chi connectivity index (χ1v) is 5.26. The van der Waals surface area contributed by atoms with E-state index in [1.165, 1.54) is 0 Å².